The lowest BCUT2D eigenvalue weighted by Crippen LogP contribution is -1.74. The fraction of sp³-hybridized carbons (Fsp3) is 0.333. The maximum absolute atomic E-state index is 9.01. The second kappa shape index (κ2) is 4.86. The fourth-order valence-electron chi connectivity index (χ4n) is 0.628. The highest BCUT2D eigenvalue weighted by Crippen LogP contribution is 1.99. The molecular weight excluding hydrogens is 124 g/mol. The van der Waals surface area contributed by atoms with Crippen molar-refractivity contribution in [2.45, 2.75) is 20.8 Å². The molecule has 0 aliphatic rings. The minimum absolute atomic E-state index is 0.315. The van der Waals surface area contributed by atoms with Crippen molar-refractivity contribution >= 4 is 0 Å². The van der Waals surface area contributed by atoms with Gasteiger partial charge in [-0.2, -0.15) is 0 Å². The van der Waals surface area contributed by atoms with E-state index >= 15 is 0 Å². The molecule has 0 rings (SSSR count). The van der Waals surface area contributed by atoms with Gasteiger partial charge >= 0.3 is 0 Å². The van der Waals surface area contributed by atoms with Crippen molar-refractivity contribution < 1.29 is 5.11 Å². The molecule has 0 amide bonds. The average Bonchev–Trinajstić information content (AvgIpc) is 1.88. The van der Waals surface area contributed by atoms with Crippen LogP contribution < -0.4 is 0 Å². The third-order valence-electron chi connectivity index (χ3n) is 1.10. The van der Waals surface area contributed by atoms with Crippen LogP contribution in [0.2, 0.25) is 0 Å². The van der Waals surface area contributed by atoms with Gasteiger partial charge in [-0.3, -0.25) is 0 Å². The highest BCUT2D eigenvalue weighted by molar-refractivity contribution is 5.23. The molecule has 0 bridgehead atoms. The Bertz CT molecular complexity index is 173. The second-order valence-corrected chi connectivity index (χ2v) is 2.10. The lowest BCUT2D eigenvalue weighted by molar-refractivity contribution is 0.431. The Balaban J connectivity index is 4.16. The summed E-state index contributed by atoms with van der Waals surface area (Å²) in [5.41, 5.74) is 1.05. The molecule has 0 spiro atoms. The smallest absolute Gasteiger partial charge is 0.111 e. The van der Waals surface area contributed by atoms with Gasteiger partial charge in [0.2, 0.25) is 0 Å². The Hall–Kier alpha value is -0.980. The van der Waals surface area contributed by atoms with E-state index < -0.39 is 0 Å². The number of hydrogen-bond donors (Lipinski definition) is 1. The van der Waals surface area contributed by atoms with Gasteiger partial charge in [-0.25, -0.2) is 0 Å². The largest absolute Gasteiger partial charge is 0.508 e. The van der Waals surface area contributed by atoms with E-state index in [2.05, 4.69) is 0 Å². The van der Waals surface area contributed by atoms with Crippen LogP contribution in [0.5, 0.6) is 0 Å². The third kappa shape index (κ3) is 3.96. The van der Waals surface area contributed by atoms with Gasteiger partial charge in [0.15, 0.2) is 0 Å². The Kier molecular flexibility index (Phi) is 4.38. The van der Waals surface area contributed by atoms with Crippen molar-refractivity contribution in [3.63, 3.8) is 0 Å². The van der Waals surface area contributed by atoms with E-state index in [1.54, 1.807) is 19.1 Å². The predicted molar refractivity (Wildman–Crippen MR) is 45.0 cm³/mol. The van der Waals surface area contributed by atoms with Crippen molar-refractivity contribution in [3.8, 4) is 0 Å². The van der Waals surface area contributed by atoms with E-state index in [0.29, 0.717) is 5.76 Å². The van der Waals surface area contributed by atoms with Crippen LogP contribution in [0.1, 0.15) is 20.8 Å². The molecule has 0 aromatic heterocycles. The monoisotopic (exact) mass is 138 g/mol. The Labute approximate surface area is 62.4 Å². The molecule has 0 aliphatic heterocycles. The average molecular weight is 138 g/mol. The zero-order valence-corrected chi connectivity index (χ0v) is 6.76. The van der Waals surface area contributed by atoms with Gasteiger partial charge in [0, 0.05) is 0 Å². The molecule has 0 radical (unpaired) electrons. The maximum Gasteiger partial charge on any atom is 0.111 e. The van der Waals surface area contributed by atoms with Gasteiger partial charge < -0.3 is 5.11 Å². The minimum atomic E-state index is 0.315. The molecule has 0 saturated carbocycles. The highest BCUT2D eigenvalue weighted by Gasteiger charge is 1.83. The van der Waals surface area contributed by atoms with Gasteiger partial charge in [-0.1, -0.05) is 12.2 Å². The molecule has 1 N–H and O–H groups in total. The van der Waals surface area contributed by atoms with E-state index in [1.807, 2.05) is 26.0 Å². The molecule has 0 aliphatic carbocycles. The quantitative estimate of drug-likeness (QED) is 0.459. The minimum Gasteiger partial charge on any atom is -0.508 e. The number of rotatable bonds is 2. The first kappa shape index (κ1) is 9.02. The van der Waals surface area contributed by atoms with Gasteiger partial charge in [0.1, 0.15) is 5.76 Å². The molecule has 0 aromatic rings. The SMILES string of the molecule is C\C=C/C(C)=C\C(O)=C/C. The number of allylic oxidation sites excluding steroid dienone is 5. The Morgan fingerprint density at radius 2 is 1.90 bits per heavy atom. The van der Waals surface area contributed by atoms with Crippen molar-refractivity contribution in [3.05, 3.63) is 35.6 Å². The summed E-state index contributed by atoms with van der Waals surface area (Å²) in [4.78, 5) is 0. The summed E-state index contributed by atoms with van der Waals surface area (Å²) in [6, 6.07) is 0. The van der Waals surface area contributed by atoms with E-state index in [0.717, 1.165) is 5.57 Å². The maximum atomic E-state index is 9.01. The van der Waals surface area contributed by atoms with Crippen molar-refractivity contribution in [2.24, 2.45) is 0 Å². The summed E-state index contributed by atoms with van der Waals surface area (Å²) in [5.74, 6) is 0.315. The molecule has 0 heterocycles. The summed E-state index contributed by atoms with van der Waals surface area (Å²) in [6.07, 6.45) is 7.27. The van der Waals surface area contributed by atoms with E-state index in [1.165, 1.54) is 0 Å². The van der Waals surface area contributed by atoms with Crippen LogP contribution in [-0.4, -0.2) is 5.11 Å². The van der Waals surface area contributed by atoms with Crippen LogP contribution >= 0.6 is 0 Å². The first-order valence-corrected chi connectivity index (χ1v) is 3.37. The fourth-order valence-corrected chi connectivity index (χ4v) is 0.628. The van der Waals surface area contributed by atoms with Crippen LogP contribution in [0.15, 0.2) is 35.6 Å². The van der Waals surface area contributed by atoms with Crippen molar-refractivity contribution in [1.29, 1.82) is 0 Å². The Morgan fingerprint density at radius 3 is 2.30 bits per heavy atom. The van der Waals surface area contributed by atoms with E-state index in [9.17, 15) is 0 Å². The van der Waals surface area contributed by atoms with Crippen LogP contribution in [-0.2, 0) is 0 Å². The van der Waals surface area contributed by atoms with Gasteiger partial charge in [-0.15, -0.1) is 0 Å². The molecule has 0 aromatic carbocycles. The molecule has 0 atom stereocenters. The van der Waals surface area contributed by atoms with Gasteiger partial charge in [-0.05, 0) is 38.5 Å². The highest BCUT2D eigenvalue weighted by atomic mass is 16.3. The summed E-state index contributed by atoms with van der Waals surface area (Å²) in [6.45, 7) is 5.69. The standard InChI is InChI=1S/C9H14O/c1-4-6-8(3)7-9(10)5-2/h4-7,10H,1-3H3/b6-4-,8-7-,9-5+. The third-order valence-corrected chi connectivity index (χ3v) is 1.10. The first-order chi connectivity index (χ1) is 4.70. The number of hydrogen-bond acceptors (Lipinski definition) is 1. The zero-order valence-electron chi connectivity index (χ0n) is 6.76. The molecule has 56 valence electrons. The van der Waals surface area contributed by atoms with Crippen molar-refractivity contribution in [2.75, 3.05) is 0 Å². The zero-order chi connectivity index (χ0) is 7.98. The lowest BCUT2D eigenvalue weighted by atomic mass is 10.2. The molecule has 1 heteroatoms. The summed E-state index contributed by atoms with van der Waals surface area (Å²) < 4.78 is 0. The number of aliphatic hydroxyl groups is 1. The topological polar surface area (TPSA) is 20.2 Å². The normalized spacial score (nSPS) is 14.7. The van der Waals surface area contributed by atoms with Crippen LogP contribution in [0.3, 0.4) is 0 Å². The molecule has 0 fully saturated rings. The number of aliphatic hydroxyl groups excluding tert-OH is 1. The van der Waals surface area contributed by atoms with Crippen LogP contribution in [0.25, 0.3) is 0 Å². The van der Waals surface area contributed by atoms with Crippen LogP contribution in [0.4, 0.5) is 0 Å². The Morgan fingerprint density at radius 1 is 1.30 bits per heavy atom. The molecule has 1 nitrogen and oxygen atoms in total. The molecule has 10 heavy (non-hydrogen) atoms. The summed E-state index contributed by atoms with van der Waals surface area (Å²) in [5, 5.41) is 9.01. The van der Waals surface area contributed by atoms with Gasteiger partial charge in [0.25, 0.3) is 0 Å². The molecule has 0 unspecified atom stereocenters. The predicted octanol–water partition coefficient (Wildman–Crippen LogP) is 2.97. The molecule has 0 saturated heterocycles. The summed E-state index contributed by atoms with van der Waals surface area (Å²) in [7, 11) is 0. The summed E-state index contributed by atoms with van der Waals surface area (Å²) >= 11 is 0. The van der Waals surface area contributed by atoms with Crippen LogP contribution in [0, 0.1) is 0 Å². The van der Waals surface area contributed by atoms with E-state index in [-0.39, 0.29) is 0 Å². The lowest BCUT2D eigenvalue weighted by Gasteiger charge is -1.90. The van der Waals surface area contributed by atoms with Gasteiger partial charge in [0.05, 0.1) is 0 Å². The van der Waals surface area contributed by atoms with E-state index in [4.69, 9.17) is 5.11 Å². The second-order valence-electron chi connectivity index (χ2n) is 2.10. The molecular formula is C9H14O. The first-order valence-electron chi connectivity index (χ1n) is 3.37. The van der Waals surface area contributed by atoms with Crippen molar-refractivity contribution in [1.82, 2.24) is 0 Å².